The lowest BCUT2D eigenvalue weighted by atomic mass is 10.2. The number of carbonyl (C=O) groups excluding carboxylic acids is 1. The Morgan fingerprint density at radius 1 is 0.944 bits per heavy atom. The molecule has 0 spiro atoms. The molecule has 2 aromatic rings. The van der Waals surface area contributed by atoms with Crippen LogP contribution in [0.1, 0.15) is 6.42 Å². The van der Waals surface area contributed by atoms with Gasteiger partial charge in [0.05, 0.1) is 6.07 Å². The van der Waals surface area contributed by atoms with Gasteiger partial charge < -0.3 is 0 Å². The Morgan fingerprint density at radius 2 is 1.39 bits per heavy atom. The summed E-state index contributed by atoms with van der Waals surface area (Å²) >= 11 is 0. The summed E-state index contributed by atoms with van der Waals surface area (Å²) in [6, 6.07) is 20.5. The lowest BCUT2D eigenvalue weighted by molar-refractivity contribution is -0.116. The Bertz CT molecular complexity index is 519. The van der Waals surface area contributed by atoms with Crippen molar-refractivity contribution >= 4 is 17.3 Å². The molecule has 0 bridgehead atoms. The van der Waals surface area contributed by atoms with Crippen molar-refractivity contribution in [1.82, 2.24) is 0 Å². The highest BCUT2D eigenvalue weighted by atomic mass is 16.2. The topological polar surface area (TPSA) is 44.1 Å². The fourth-order valence-electron chi connectivity index (χ4n) is 1.74. The van der Waals surface area contributed by atoms with E-state index in [1.165, 1.54) is 0 Å². The normalized spacial score (nSPS) is 9.50. The summed E-state index contributed by atoms with van der Waals surface area (Å²) in [6.45, 7) is 0. The third-order valence-corrected chi connectivity index (χ3v) is 2.51. The van der Waals surface area contributed by atoms with Gasteiger partial charge >= 0.3 is 0 Å². The second kappa shape index (κ2) is 5.65. The SMILES string of the molecule is N#CCC(=O)N(c1ccccc1)c1ccccc1. The van der Waals surface area contributed by atoms with Crippen molar-refractivity contribution in [2.75, 3.05) is 4.90 Å². The first-order valence-electron chi connectivity index (χ1n) is 5.63. The van der Waals surface area contributed by atoms with Crippen molar-refractivity contribution in [1.29, 1.82) is 5.26 Å². The smallest absolute Gasteiger partial charge is 0.245 e. The number of hydrogen-bond acceptors (Lipinski definition) is 2. The van der Waals surface area contributed by atoms with Gasteiger partial charge in [-0.25, -0.2) is 0 Å². The molecule has 0 heterocycles. The average Bonchev–Trinajstić information content (AvgIpc) is 2.42. The maximum absolute atomic E-state index is 12.0. The molecule has 3 nitrogen and oxygen atoms in total. The highest BCUT2D eigenvalue weighted by Crippen LogP contribution is 2.25. The van der Waals surface area contributed by atoms with Crippen molar-refractivity contribution in [2.24, 2.45) is 0 Å². The van der Waals surface area contributed by atoms with Gasteiger partial charge in [0.2, 0.25) is 5.91 Å². The maximum Gasteiger partial charge on any atom is 0.245 e. The number of nitriles is 1. The summed E-state index contributed by atoms with van der Waals surface area (Å²) in [5.74, 6) is -0.227. The van der Waals surface area contributed by atoms with Crippen LogP contribution in [0.5, 0.6) is 0 Å². The van der Waals surface area contributed by atoms with E-state index >= 15 is 0 Å². The van der Waals surface area contributed by atoms with Crippen molar-refractivity contribution in [3.8, 4) is 6.07 Å². The number of anilines is 2. The zero-order valence-electron chi connectivity index (χ0n) is 9.78. The van der Waals surface area contributed by atoms with Gasteiger partial charge in [-0.2, -0.15) is 5.26 Å². The number of rotatable bonds is 3. The molecule has 0 saturated heterocycles. The Hall–Kier alpha value is -2.60. The van der Waals surface area contributed by atoms with Crippen LogP contribution in [0, 0.1) is 11.3 Å². The third kappa shape index (κ3) is 2.55. The van der Waals surface area contributed by atoms with Gasteiger partial charge in [0.15, 0.2) is 0 Å². The van der Waals surface area contributed by atoms with Gasteiger partial charge in [-0.1, -0.05) is 36.4 Å². The molecule has 0 aliphatic heterocycles. The van der Waals surface area contributed by atoms with Gasteiger partial charge in [0, 0.05) is 11.4 Å². The molecule has 2 rings (SSSR count). The van der Waals surface area contributed by atoms with E-state index in [0.717, 1.165) is 11.4 Å². The predicted octanol–water partition coefficient (Wildman–Crippen LogP) is 3.26. The highest BCUT2D eigenvalue weighted by Gasteiger charge is 2.16. The maximum atomic E-state index is 12.0. The number of para-hydroxylation sites is 2. The Labute approximate surface area is 106 Å². The summed E-state index contributed by atoms with van der Waals surface area (Å²) < 4.78 is 0. The van der Waals surface area contributed by atoms with Crippen LogP contribution in [-0.2, 0) is 4.79 Å². The third-order valence-electron chi connectivity index (χ3n) is 2.51. The number of hydrogen-bond donors (Lipinski definition) is 0. The second-order valence-electron chi connectivity index (χ2n) is 3.74. The first kappa shape index (κ1) is 11.9. The van der Waals surface area contributed by atoms with Crippen LogP contribution < -0.4 is 4.90 Å². The Morgan fingerprint density at radius 3 is 1.78 bits per heavy atom. The van der Waals surface area contributed by atoms with E-state index < -0.39 is 0 Å². The molecule has 0 unspecified atom stereocenters. The van der Waals surface area contributed by atoms with Gasteiger partial charge in [-0.05, 0) is 24.3 Å². The van der Waals surface area contributed by atoms with Crippen LogP contribution in [0.15, 0.2) is 60.7 Å². The molecule has 0 atom stereocenters. The van der Waals surface area contributed by atoms with E-state index in [2.05, 4.69) is 0 Å². The van der Waals surface area contributed by atoms with Crippen LogP contribution >= 0.6 is 0 Å². The van der Waals surface area contributed by atoms with E-state index in [-0.39, 0.29) is 12.3 Å². The zero-order valence-corrected chi connectivity index (χ0v) is 9.78. The van der Waals surface area contributed by atoms with E-state index in [1.54, 1.807) is 4.90 Å². The minimum absolute atomic E-state index is 0.135. The molecule has 2 aromatic carbocycles. The molecule has 18 heavy (non-hydrogen) atoms. The lowest BCUT2D eigenvalue weighted by Crippen LogP contribution is -2.25. The summed E-state index contributed by atoms with van der Waals surface area (Å²) in [4.78, 5) is 13.6. The number of carbonyl (C=O) groups is 1. The quantitative estimate of drug-likeness (QED) is 0.820. The van der Waals surface area contributed by atoms with Crippen LogP contribution in [0.25, 0.3) is 0 Å². The molecule has 0 aliphatic rings. The van der Waals surface area contributed by atoms with Gasteiger partial charge in [0.25, 0.3) is 0 Å². The first-order chi connectivity index (χ1) is 8.83. The Balaban J connectivity index is 2.42. The summed E-state index contributed by atoms with van der Waals surface area (Å²) in [7, 11) is 0. The zero-order chi connectivity index (χ0) is 12.8. The fourth-order valence-corrected chi connectivity index (χ4v) is 1.74. The van der Waals surface area contributed by atoms with E-state index in [1.807, 2.05) is 66.7 Å². The monoisotopic (exact) mass is 236 g/mol. The van der Waals surface area contributed by atoms with Crippen LogP contribution in [0.3, 0.4) is 0 Å². The molecular weight excluding hydrogens is 224 g/mol. The minimum Gasteiger partial charge on any atom is -0.280 e. The summed E-state index contributed by atoms with van der Waals surface area (Å²) in [6.07, 6.45) is -0.135. The number of benzene rings is 2. The van der Waals surface area contributed by atoms with Gasteiger partial charge in [-0.15, -0.1) is 0 Å². The summed E-state index contributed by atoms with van der Waals surface area (Å²) in [5, 5.41) is 8.68. The van der Waals surface area contributed by atoms with Gasteiger partial charge in [0.1, 0.15) is 6.42 Å². The highest BCUT2D eigenvalue weighted by molar-refractivity contribution is 6.01. The summed E-state index contributed by atoms with van der Waals surface area (Å²) in [5.41, 5.74) is 1.54. The van der Waals surface area contributed by atoms with Gasteiger partial charge in [-0.3, -0.25) is 9.69 Å². The van der Waals surface area contributed by atoms with Crippen LogP contribution in [-0.4, -0.2) is 5.91 Å². The molecule has 88 valence electrons. The molecule has 0 fully saturated rings. The fraction of sp³-hybridized carbons (Fsp3) is 0.0667. The molecule has 1 amide bonds. The number of amides is 1. The molecule has 3 heteroatoms. The van der Waals surface area contributed by atoms with Crippen LogP contribution in [0.4, 0.5) is 11.4 Å². The molecule has 0 aliphatic carbocycles. The molecule has 0 saturated carbocycles. The number of nitrogens with zero attached hydrogens (tertiary/aromatic N) is 2. The average molecular weight is 236 g/mol. The van der Waals surface area contributed by atoms with E-state index in [9.17, 15) is 4.79 Å². The van der Waals surface area contributed by atoms with Crippen molar-refractivity contribution in [2.45, 2.75) is 6.42 Å². The lowest BCUT2D eigenvalue weighted by Gasteiger charge is -2.21. The minimum atomic E-state index is -0.227. The van der Waals surface area contributed by atoms with Crippen molar-refractivity contribution < 1.29 is 4.79 Å². The van der Waals surface area contributed by atoms with Crippen molar-refractivity contribution in [3.05, 3.63) is 60.7 Å². The van der Waals surface area contributed by atoms with Crippen LogP contribution in [0.2, 0.25) is 0 Å². The van der Waals surface area contributed by atoms with E-state index in [0.29, 0.717) is 0 Å². The molecule has 0 radical (unpaired) electrons. The molecule has 0 aromatic heterocycles. The predicted molar refractivity (Wildman–Crippen MR) is 70.3 cm³/mol. The molecule has 0 N–H and O–H groups in total. The van der Waals surface area contributed by atoms with Crippen molar-refractivity contribution in [3.63, 3.8) is 0 Å². The molecular formula is C15H12N2O. The largest absolute Gasteiger partial charge is 0.280 e. The first-order valence-corrected chi connectivity index (χ1v) is 5.63. The van der Waals surface area contributed by atoms with E-state index in [4.69, 9.17) is 5.26 Å². The Kier molecular flexibility index (Phi) is 3.72. The standard InChI is InChI=1S/C15H12N2O/c16-12-11-15(18)17(13-7-3-1-4-8-13)14-9-5-2-6-10-14/h1-10H,11H2. The second-order valence-corrected chi connectivity index (χ2v) is 3.74.